The average molecular weight is 269 g/mol. The number of benzene rings is 1. The number of nitrogens with one attached hydrogen (secondary N) is 2. The molecule has 0 unspecified atom stereocenters. The molecule has 0 bridgehead atoms. The Balaban J connectivity index is 2.52. The van der Waals surface area contributed by atoms with E-state index in [9.17, 15) is 9.59 Å². The molecule has 18 heavy (non-hydrogen) atoms. The fraction of sp³-hybridized carbons (Fsp3) is 0.385. The third-order valence-electron chi connectivity index (χ3n) is 2.30. The molecule has 0 fully saturated rings. The quantitative estimate of drug-likeness (QED) is 0.775. The molecule has 0 heterocycles. The minimum absolute atomic E-state index is 0.00331. The zero-order valence-electron chi connectivity index (χ0n) is 10.3. The molecule has 1 rings (SSSR count). The van der Waals surface area contributed by atoms with Crippen molar-refractivity contribution < 1.29 is 9.59 Å². The van der Waals surface area contributed by atoms with Crippen LogP contribution in [0.1, 0.15) is 18.9 Å². The Hall–Kier alpha value is -1.55. The van der Waals surface area contributed by atoms with E-state index in [1.807, 2.05) is 19.1 Å². The molecule has 0 spiro atoms. The Kier molecular flexibility index (Phi) is 6.22. The first-order chi connectivity index (χ1) is 8.65. The van der Waals surface area contributed by atoms with Crippen molar-refractivity contribution in [3.05, 3.63) is 29.8 Å². The fourth-order valence-corrected chi connectivity index (χ4v) is 1.63. The van der Waals surface area contributed by atoms with Gasteiger partial charge in [-0.3, -0.25) is 9.59 Å². The van der Waals surface area contributed by atoms with Gasteiger partial charge in [0.15, 0.2) is 0 Å². The molecule has 0 radical (unpaired) electrons. The van der Waals surface area contributed by atoms with Crippen molar-refractivity contribution in [1.82, 2.24) is 5.32 Å². The highest BCUT2D eigenvalue weighted by Gasteiger charge is 2.03. The van der Waals surface area contributed by atoms with Gasteiger partial charge >= 0.3 is 0 Å². The van der Waals surface area contributed by atoms with E-state index in [0.29, 0.717) is 31.0 Å². The zero-order valence-corrected chi connectivity index (χ0v) is 11.1. The van der Waals surface area contributed by atoms with Gasteiger partial charge in [0.1, 0.15) is 0 Å². The lowest BCUT2D eigenvalue weighted by Gasteiger charge is -2.06. The van der Waals surface area contributed by atoms with Crippen LogP contribution < -0.4 is 10.6 Å². The maximum Gasteiger partial charge on any atom is 0.225 e. The molecule has 0 aliphatic heterocycles. The van der Waals surface area contributed by atoms with Crippen molar-refractivity contribution in [3.63, 3.8) is 0 Å². The monoisotopic (exact) mass is 268 g/mol. The molecule has 0 atom stereocenters. The molecule has 1 aromatic carbocycles. The van der Waals surface area contributed by atoms with Crippen LogP contribution in [0.2, 0.25) is 0 Å². The minimum Gasteiger partial charge on any atom is -0.356 e. The lowest BCUT2D eigenvalue weighted by Crippen LogP contribution is -2.24. The molecule has 0 saturated carbocycles. The smallest absolute Gasteiger partial charge is 0.225 e. The van der Waals surface area contributed by atoms with Crippen LogP contribution in [-0.2, 0) is 16.0 Å². The van der Waals surface area contributed by atoms with Crippen LogP contribution in [0.3, 0.4) is 0 Å². The lowest BCUT2D eigenvalue weighted by molar-refractivity contribution is -0.120. The van der Waals surface area contributed by atoms with Crippen LogP contribution in [0.25, 0.3) is 0 Å². The summed E-state index contributed by atoms with van der Waals surface area (Å²) in [4.78, 5) is 22.7. The van der Waals surface area contributed by atoms with E-state index >= 15 is 0 Å². The SMILES string of the molecule is CCNC(=O)Cc1ccc(NC(=O)CCCl)cc1. The number of carbonyl (C=O) groups excluding carboxylic acids is 2. The Morgan fingerprint density at radius 1 is 1.17 bits per heavy atom. The summed E-state index contributed by atoms with van der Waals surface area (Å²) in [7, 11) is 0. The molecule has 2 N–H and O–H groups in total. The molecule has 0 saturated heterocycles. The third-order valence-corrected chi connectivity index (χ3v) is 2.49. The van der Waals surface area contributed by atoms with E-state index in [-0.39, 0.29) is 11.8 Å². The normalized spacial score (nSPS) is 9.89. The lowest BCUT2D eigenvalue weighted by atomic mass is 10.1. The number of alkyl halides is 1. The van der Waals surface area contributed by atoms with Crippen molar-refractivity contribution in [2.45, 2.75) is 19.8 Å². The Labute approximate surface area is 112 Å². The maximum atomic E-state index is 11.4. The number of rotatable bonds is 6. The third kappa shape index (κ3) is 5.19. The molecule has 5 heteroatoms. The summed E-state index contributed by atoms with van der Waals surface area (Å²) in [6.07, 6.45) is 0.645. The van der Waals surface area contributed by atoms with Gasteiger partial charge in [-0.2, -0.15) is 0 Å². The number of amides is 2. The summed E-state index contributed by atoms with van der Waals surface area (Å²) < 4.78 is 0. The molecule has 4 nitrogen and oxygen atoms in total. The van der Waals surface area contributed by atoms with Crippen LogP contribution in [0.5, 0.6) is 0 Å². The summed E-state index contributed by atoms with van der Waals surface area (Å²) in [5.74, 6) is 0.194. The number of hydrogen-bond acceptors (Lipinski definition) is 2. The Bertz CT molecular complexity index is 365. The van der Waals surface area contributed by atoms with Gasteiger partial charge in [-0.1, -0.05) is 12.1 Å². The fourth-order valence-electron chi connectivity index (χ4n) is 1.46. The summed E-state index contributed by atoms with van der Waals surface area (Å²) in [5.41, 5.74) is 1.63. The highest BCUT2D eigenvalue weighted by atomic mass is 35.5. The van der Waals surface area contributed by atoms with Gasteiger partial charge in [-0.25, -0.2) is 0 Å². The van der Waals surface area contributed by atoms with Crippen molar-refractivity contribution in [2.24, 2.45) is 0 Å². The predicted octanol–water partition coefficient (Wildman–Crippen LogP) is 1.93. The van der Waals surface area contributed by atoms with Crippen LogP contribution >= 0.6 is 11.6 Å². The molecular formula is C13H17ClN2O2. The van der Waals surface area contributed by atoms with Crippen molar-refractivity contribution in [3.8, 4) is 0 Å². The van der Waals surface area contributed by atoms with Gasteiger partial charge in [0, 0.05) is 24.5 Å². The van der Waals surface area contributed by atoms with E-state index in [1.54, 1.807) is 12.1 Å². The average Bonchev–Trinajstić information content (AvgIpc) is 2.32. The van der Waals surface area contributed by atoms with E-state index in [2.05, 4.69) is 10.6 Å². The Morgan fingerprint density at radius 2 is 1.83 bits per heavy atom. The second kappa shape index (κ2) is 7.71. The molecule has 98 valence electrons. The zero-order chi connectivity index (χ0) is 13.4. The van der Waals surface area contributed by atoms with E-state index < -0.39 is 0 Å². The molecule has 2 amide bonds. The van der Waals surface area contributed by atoms with Crippen LogP contribution in [0.15, 0.2) is 24.3 Å². The summed E-state index contributed by atoms with van der Waals surface area (Å²) in [5, 5.41) is 5.46. The first-order valence-electron chi connectivity index (χ1n) is 5.87. The standard InChI is InChI=1S/C13H17ClN2O2/c1-2-15-13(18)9-10-3-5-11(6-4-10)16-12(17)7-8-14/h3-6H,2,7-9H2,1H3,(H,15,18)(H,16,17). The molecule has 0 aliphatic carbocycles. The Morgan fingerprint density at radius 3 is 2.39 bits per heavy atom. The van der Waals surface area contributed by atoms with Crippen molar-refractivity contribution in [1.29, 1.82) is 0 Å². The van der Waals surface area contributed by atoms with Crippen molar-refractivity contribution >= 4 is 29.1 Å². The predicted molar refractivity (Wildman–Crippen MR) is 72.8 cm³/mol. The topological polar surface area (TPSA) is 58.2 Å². The van der Waals surface area contributed by atoms with Gasteiger partial charge in [0.2, 0.25) is 11.8 Å². The van der Waals surface area contributed by atoms with E-state index in [1.165, 1.54) is 0 Å². The van der Waals surface area contributed by atoms with Gasteiger partial charge in [0.05, 0.1) is 6.42 Å². The molecular weight excluding hydrogens is 252 g/mol. The van der Waals surface area contributed by atoms with Crippen LogP contribution in [0, 0.1) is 0 Å². The van der Waals surface area contributed by atoms with Crippen LogP contribution in [0.4, 0.5) is 5.69 Å². The number of halogens is 1. The summed E-state index contributed by atoms with van der Waals surface area (Å²) in [6.45, 7) is 2.51. The summed E-state index contributed by atoms with van der Waals surface area (Å²) >= 11 is 5.47. The van der Waals surface area contributed by atoms with Gasteiger partial charge in [-0.05, 0) is 24.6 Å². The highest BCUT2D eigenvalue weighted by Crippen LogP contribution is 2.10. The molecule has 0 aromatic heterocycles. The van der Waals surface area contributed by atoms with Gasteiger partial charge in [0.25, 0.3) is 0 Å². The van der Waals surface area contributed by atoms with Gasteiger partial charge < -0.3 is 10.6 Å². The van der Waals surface area contributed by atoms with Crippen molar-refractivity contribution in [2.75, 3.05) is 17.7 Å². The maximum absolute atomic E-state index is 11.4. The van der Waals surface area contributed by atoms with Gasteiger partial charge in [-0.15, -0.1) is 11.6 Å². The minimum atomic E-state index is -0.110. The molecule has 0 aliphatic rings. The molecule has 1 aromatic rings. The summed E-state index contributed by atoms with van der Waals surface area (Å²) in [6, 6.07) is 7.21. The number of carbonyl (C=O) groups is 2. The number of hydrogen-bond donors (Lipinski definition) is 2. The second-order valence-electron chi connectivity index (χ2n) is 3.81. The number of anilines is 1. The first kappa shape index (κ1) is 14.5. The second-order valence-corrected chi connectivity index (χ2v) is 4.19. The number of likely N-dealkylation sites (N-methyl/N-ethyl adjacent to an activating group) is 1. The van der Waals surface area contributed by atoms with Crippen LogP contribution in [-0.4, -0.2) is 24.2 Å². The van der Waals surface area contributed by atoms with E-state index in [4.69, 9.17) is 11.6 Å². The van der Waals surface area contributed by atoms with E-state index in [0.717, 1.165) is 5.56 Å². The first-order valence-corrected chi connectivity index (χ1v) is 6.40. The largest absolute Gasteiger partial charge is 0.356 e. The highest BCUT2D eigenvalue weighted by molar-refractivity contribution is 6.19.